The first-order chi connectivity index (χ1) is 9.73. The molecular formula is C15H23NO5. The minimum absolute atomic E-state index is 0.0122. The normalized spacial score (nSPS) is 21.4. The zero-order valence-electron chi connectivity index (χ0n) is 12.7. The number of rotatable bonds is 5. The molecule has 1 rings (SSSR count). The van der Waals surface area contributed by atoms with Gasteiger partial charge in [0, 0.05) is 12.8 Å². The van der Waals surface area contributed by atoms with Gasteiger partial charge < -0.3 is 14.9 Å². The summed E-state index contributed by atoms with van der Waals surface area (Å²) in [6.45, 7) is 5.16. The van der Waals surface area contributed by atoms with Crippen molar-refractivity contribution in [2.75, 3.05) is 6.61 Å². The fourth-order valence-corrected chi connectivity index (χ4v) is 2.09. The standard InChI is InChI=1S/C15H23NO5/c1-14(2,3)21-13(20)16-10-6-4-8-15(16,12(18)19)9-5-7-11-17/h4,6,8,10,17H,5,7,9,11H2,1-3H3,(H,18,19)/t15-/m1/s1. The van der Waals surface area contributed by atoms with E-state index < -0.39 is 23.2 Å². The first-order valence-electron chi connectivity index (χ1n) is 6.95. The van der Waals surface area contributed by atoms with Crippen LogP contribution in [0.25, 0.3) is 0 Å². The van der Waals surface area contributed by atoms with Crippen LogP contribution < -0.4 is 0 Å². The average Bonchev–Trinajstić information content (AvgIpc) is 2.37. The van der Waals surface area contributed by atoms with Crippen LogP contribution in [0.3, 0.4) is 0 Å². The molecule has 0 aromatic rings. The van der Waals surface area contributed by atoms with E-state index in [1.54, 1.807) is 32.9 Å². The highest BCUT2D eigenvalue weighted by Gasteiger charge is 2.45. The fraction of sp³-hybridized carbons (Fsp3) is 0.600. The van der Waals surface area contributed by atoms with Crippen LogP contribution in [0.2, 0.25) is 0 Å². The minimum Gasteiger partial charge on any atom is -0.479 e. The summed E-state index contributed by atoms with van der Waals surface area (Å²) in [7, 11) is 0. The van der Waals surface area contributed by atoms with E-state index in [-0.39, 0.29) is 13.0 Å². The quantitative estimate of drug-likeness (QED) is 0.760. The van der Waals surface area contributed by atoms with Crippen molar-refractivity contribution >= 4 is 12.1 Å². The van der Waals surface area contributed by atoms with Crippen LogP contribution >= 0.6 is 0 Å². The number of nitrogens with zero attached hydrogens (tertiary/aromatic N) is 1. The number of carboxylic acids is 1. The monoisotopic (exact) mass is 297 g/mol. The molecule has 0 radical (unpaired) electrons. The van der Waals surface area contributed by atoms with Gasteiger partial charge in [-0.25, -0.2) is 9.59 Å². The predicted octanol–water partition coefficient (Wildman–Crippen LogP) is 2.29. The zero-order valence-corrected chi connectivity index (χ0v) is 12.7. The average molecular weight is 297 g/mol. The van der Waals surface area contributed by atoms with Gasteiger partial charge in [-0.15, -0.1) is 0 Å². The van der Waals surface area contributed by atoms with E-state index in [9.17, 15) is 14.7 Å². The fourth-order valence-electron chi connectivity index (χ4n) is 2.09. The molecule has 1 aliphatic heterocycles. The number of allylic oxidation sites excluding steroid dienone is 2. The molecule has 0 spiro atoms. The predicted molar refractivity (Wildman–Crippen MR) is 77.7 cm³/mol. The Morgan fingerprint density at radius 1 is 1.24 bits per heavy atom. The first-order valence-corrected chi connectivity index (χ1v) is 6.95. The number of hydrogen-bond acceptors (Lipinski definition) is 4. The number of amides is 1. The molecule has 0 aromatic heterocycles. The van der Waals surface area contributed by atoms with Gasteiger partial charge in [0.25, 0.3) is 0 Å². The van der Waals surface area contributed by atoms with Gasteiger partial charge in [0.1, 0.15) is 5.60 Å². The number of aliphatic hydroxyl groups excluding tert-OH is 1. The Balaban J connectivity index is 3.01. The Morgan fingerprint density at radius 3 is 2.43 bits per heavy atom. The molecule has 1 heterocycles. The minimum atomic E-state index is -1.47. The lowest BCUT2D eigenvalue weighted by Gasteiger charge is -2.38. The zero-order chi connectivity index (χ0) is 16.1. The van der Waals surface area contributed by atoms with Crippen LogP contribution in [0.15, 0.2) is 24.4 Å². The molecule has 118 valence electrons. The number of carbonyl (C=O) groups is 2. The number of hydrogen-bond donors (Lipinski definition) is 2. The van der Waals surface area contributed by atoms with E-state index in [4.69, 9.17) is 9.84 Å². The second kappa shape index (κ2) is 6.76. The van der Waals surface area contributed by atoms with Gasteiger partial charge in [-0.2, -0.15) is 0 Å². The van der Waals surface area contributed by atoms with E-state index in [1.165, 1.54) is 12.3 Å². The number of unbranched alkanes of at least 4 members (excludes halogenated alkanes) is 1. The summed E-state index contributed by atoms with van der Waals surface area (Å²) >= 11 is 0. The maximum Gasteiger partial charge on any atom is 0.415 e. The Labute approximate surface area is 124 Å². The summed E-state index contributed by atoms with van der Waals surface area (Å²) in [5.41, 5.74) is -2.17. The summed E-state index contributed by atoms with van der Waals surface area (Å²) in [6, 6.07) is 0. The summed E-state index contributed by atoms with van der Waals surface area (Å²) < 4.78 is 5.28. The highest BCUT2D eigenvalue weighted by Crippen LogP contribution is 2.30. The van der Waals surface area contributed by atoms with E-state index >= 15 is 0 Å². The molecule has 0 fully saturated rings. The number of carbonyl (C=O) groups excluding carboxylic acids is 1. The van der Waals surface area contributed by atoms with E-state index in [2.05, 4.69) is 0 Å². The third kappa shape index (κ3) is 4.32. The summed E-state index contributed by atoms with van der Waals surface area (Å²) in [6.07, 6.45) is 6.58. The lowest BCUT2D eigenvalue weighted by atomic mass is 9.89. The van der Waals surface area contributed by atoms with Gasteiger partial charge in [-0.3, -0.25) is 4.90 Å². The van der Waals surface area contributed by atoms with Crippen LogP contribution in [0.4, 0.5) is 4.79 Å². The lowest BCUT2D eigenvalue weighted by molar-refractivity contribution is -0.147. The topological polar surface area (TPSA) is 87.1 Å². The van der Waals surface area contributed by atoms with Crippen molar-refractivity contribution in [3.63, 3.8) is 0 Å². The van der Waals surface area contributed by atoms with Crippen molar-refractivity contribution in [2.45, 2.75) is 51.2 Å². The van der Waals surface area contributed by atoms with Crippen LogP contribution in [0.5, 0.6) is 0 Å². The van der Waals surface area contributed by atoms with Crippen molar-refractivity contribution in [2.24, 2.45) is 0 Å². The molecule has 1 amide bonds. The highest BCUT2D eigenvalue weighted by molar-refractivity contribution is 5.88. The van der Waals surface area contributed by atoms with E-state index in [1.807, 2.05) is 0 Å². The molecule has 1 aliphatic rings. The SMILES string of the molecule is CC(C)(C)OC(=O)N1C=CC=C[C@@]1(CCCCO)C(=O)O. The lowest BCUT2D eigenvalue weighted by Crippen LogP contribution is -2.55. The van der Waals surface area contributed by atoms with Gasteiger partial charge in [0.15, 0.2) is 5.54 Å². The van der Waals surface area contributed by atoms with Gasteiger partial charge in [-0.1, -0.05) is 6.08 Å². The Morgan fingerprint density at radius 2 is 1.90 bits per heavy atom. The largest absolute Gasteiger partial charge is 0.479 e. The van der Waals surface area contributed by atoms with Crippen LogP contribution in [0.1, 0.15) is 40.0 Å². The molecule has 0 bridgehead atoms. The van der Waals surface area contributed by atoms with Crippen LogP contribution in [0, 0.1) is 0 Å². The molecule has 6 nitrogen and oxygen atoms in total. The molecule has 21 heavy (non-hydrogen) atoms. The highest BCUT2D eigenvalue weighted by atomic mass is 16.6. The Hall–Kier alpha value is -1.82. The van der Waals surface area contributed by atoms with Crippen molar-refractivity contribution in [1.29, 1.82) is 0 Å². The second-order valence-corrected chi connectivity index (χ2v) is 5.96. The molecule has 0 saturated heterocycles. The molecule has 0 saturated carbocycles. The summed E-state index contributed by atoms with van der Waals surface area (Å²) in [5, 5.41) is 18.5. The van der Waals surface area contributed by atoms with Gasteiger partial charge in [0.2, 0.25) is 0 Å². The van der Waals surface area contributed by atoms with E-state index in [0.29, 0.717) is 12.8 Å². The van der Waals surface area contributed by atoms with Crippen LogP contribution in [-0.2, 0) is 9.53 Å². The molecule has 2 N–H and O–H groups in total. The van der Waals surface area contributed by atoms with E-state index in [0.717, 1.165) is 4.90 Å². The number of ether oxygens (including phenoxy) is 1. The van der Waals surface area contributed by atoms with Crippen molar-refractivity contribution in [3.05, 3.63) is 24.4 Å². The van der Waals surface area contributed by atoms with Crippen molar-refractivity contribution in [3.8, 4) is 0 Å². The molecule has 1 atom stereocenters. The molecule has 0 aliphatic carbocycles. The van der Waals surface area contributed by atoms with Crippen molar-refractivity contribution < 1.29 is 24.5 Å². The molecule has 0 unspecified atom stereocenters. The number of aliphatic carboxylic acids is 1. The van der Waals surface area contributed by atoms with Crippen molar-refractivity contribution in [1.82, 2.24) is 4.90 Å². The second-order valence-electron chi connectivity index (χ2n) is 5.96. The Kier molecular flexibility index (Phi) is 5.54. The first kappa shape index (κ1) is 17.2. The number of aliphatic hydroxyl groups is 1. The maximum atomic E-state index is 12.3. The smallest absolute Gasteiger partial charge is 0.415 e. The molecular weight excluding hydrogens is 274 g/mol. The molecule has 0 aromatic carbocycles. The van der Waals surface area contributed by atoms with Crippen LogP contribution in [-0.4, -0.2) is 44.9 Å². The third-order valence-electron chi connectivity index (χ3n) is 3.07. The number of carboxylic acid groups (broad SMARTS) is 1. The van der Waals surface area contributed by atoms with Gasteiger partial charge in [0.05, 0.1) is 0 Å². The Bertz CT molecular complexity index is 449. The molecule has 6 heteroatoms. The third-order valence-corrected chi connectivity index (χ3v) is 3.07. The van der Waals surface area contributed by atoms with Gasteiger partial charge in [-0.05, 0) is 52.2 Å². The summed E-state index contributed by atoms with van der Waals surface area (Å²) in [4.78, 5) is 25.1. The summed E-state index contributed by atoms with van der Waals surface area (Å²) in [5.74, 6) is -1.12. The maximum absolute atomic E-state index is 12.3. The van der Waals surface area contributed by atoms with Gasteiger partial charge >= 0.3 is 12.1 Å².